The molecular formula is C33H25F4N7O2S. The molecule has 0 aliphatic rings. The summed E-state index contributed by atoms with van der Waals surface area (Å²) in [4.78, 5) is 25.4. The monoisotopic (exact) mass is 659 g/mol. The molecule has 0 unspecified atom stereocenters. The van der Waals surface area contributed by atoms with Crippen molar-refractivity contribution in [1.29, 1.82) is 0 Å². The minimum Gasteiger partial charge on any atom is -0.421 e. The third-order valence-electron chi connectivity index (χ3n) is 7.21. The second kappa shape index (κ2) is 11.9. The third-order valence-corrected chi connectivity index (χ3v) is 8.46. The molecule has 47 heavy (non-hydrogen) atoms. The number of anilines is 2. The predicted molar refractivity (Wildman–Crippen MR) is 172 cm³/mol. The van der Waals surface area contributed by atoms with Crippen LogP contribution >= 0.6 is 11.3 Å². The lowest BCUT2D eigenvalue weighted by Crippen LogP contribution is -2.16. The number of aromatic nitrogens is 5. The molecular weight excluding hydrogens is 634 g/mol. The summed E-state index contributed by atoms with van der Waals surface area (Å²) in [5.74, 6) is -1.06. The summed E-state index contributed by atoms with van der Waals surface area (Å²) in [7, 11) is 0. The van der Waals surface area contributed by atoms with E-state index in [0.29, 0.717) is 48.6 Å². The first-order chi connectivity index (χ1) is 22.3. The zero-order valence-electron chi connectivity index (χ0n) is 25.1. The van der Waals surface area contributed by atoms with Crippen LogP contribution in [-0.2, 0) is 11.1 Å². The fraction of sp³-hybridized carbons (Fsp3) is 0.121. The molecule has 0 spiro atoms. The van der Waals surface area contributed by atoms with Crippen LogP contribution < -0.4 is 15.8 Å². The van der Waals surface area contributed by atoms with Crippen molar-refractivity contribution in [2.75, 3.05) is 11.1 Å². The molecule has 14 heteroatoms. The number of alkyl halides is 3. The number of hydrogen-bond donors (Lipinski definition) is 2. The number of fused-ring (bicyclic) bond motifs is 1. The Morgan fingerprint density at radius 1 is 1.04 bits per heavy atom. The van der Waals surface area contributed by atoms with Crippen LogP contribution in [0, 0.1) is 19.7 Å². The Hall–Kier alpha value is -5.63. The normalized spacial score (nSPS) is 11.6. The van der Waals surface area contributed by atoms with Crippen molar-refractivity contribution in [2.45, 2.75) is 27.1 Å². The smallest absolute Gasteiger partial charge is 0.421 e. The van der Waals surface area contributed by atoms with Gasteiger partial charge in [-0.3, -0.25) is 4.79 Å². The van der Waals surface area contributed by atoms with Crippen molar-refractivity contribution >= 4 is 38.8 Å². The number of halogens is 4. The number of hydrogen-bond acceptors (Lipinski definition) is 8. The van der Waals surface area contributed by atoms with Crippen LogP contribution in [0.3, 0.4) is 0 Å². The van der Waals surface area contributed by atoms with Gasteiger partial charge >= 0.3 is 12.3 Å². The fourth-order valence-corrected chi connectivity index (χ4v) is 6.39. The maximum absolute atomic E-state index is 15.7. The molecule has 4 heterocycles. The number of rotatable bonds is 7. The zero-order chi connectivity index (χ0) is 33.6. The number of pyridine rings is 1. The van der Waals surface area contributed by atoms with E-state index in [1.54, 1.807) is 44.2 Å². The van der Waals surface area contributed by atoms with Crippen LogP contribution in [0.15, 0.2) is 79.4 Å². The Kier molecular flexibility index (Phi) is 7.97. The van der Waals surface area contributed by atoms with Crippen molar-refractivity contribution in [2.24, 2.45) is 0 Å². The first-order valence-electron chi connectivity index (χ1n) is 14.0. The van der Waals surface area contributed by atoms with E-state index in [-0.39, 0.29) is 33.7 Å². The van der Waals surface area contributed by atoms with E-state index in [1.165, 1.54) is 35.9 Å². The van der Waals surface area contributed by atoms with Gasteiger partial charge in [0.2, 0.25) is 0 Å². The highest BCUT2D eigenvalue weighted by Crippen LogP contribution is 2.50. The lowest BCUT2D eigenvalue weighted by atomic mass is 9.95. The number of ether oxygens (including phenoxy) is 1. The van der Waals surface area contributed by atoms with Crippen molar-refractivity contribution in [3.63, 3.8) is 0 Å². The molecule has 0 fully saturated rings. The summed E-state index contributed by atoms with van der Waals surface area (Å²) in [6, 6.07) is 11.3. The molecule has 6 rings (SSSR count). The highest BCUT2D eigenvalue weighted by molar-refractivity contribution is 7.23. The molecule has 9 nitrogen and oxygen atoms in total. The van der Waals surface area contributed by atoms with Crippen molar-refractivity contribution < 1.29 is 27.1 Å². The van der Waals surface area contributed by atoms with Gasteiger partial charge in [0.05, 0.1) is 6.20 Å². The molecule has 0 saturated heterocycles. The van der Waals surface area contributed by atoms with Gasteiger partial charge in [0.15, 0.2) is 11.6 Å². The van der Waals surface area contributed by atoms with Gasteiger partial charge in [-0.05, 0) is 67.8 Å². The number of thiophene rings is 1. The van der Waals surface area contributed by atoms with Crippen LogP contribution in [0.25, 0.3) is 42.8 Å². The van der Waals surface area contributed by atoms with Gasteiger partial charge in [0.25, 0.3) is 5.91 Å². The van der Waals surface area contributed by atoms with E-state index in [2.05, 4.69) is 31.9 Å². The first-order valence-corrected chi connectivity index (χ1v) is 14.8. The summed E-state index contributed by atoms with van der Waals surface area (Å²) in [6.07, 6.45) is 0.143. The van der Waals surface area contributed by atoms with E-state index in [1.807, 2.05) is 6.92 Å². The van der Waals surface area contributed by atoms with Crippen molar-refractivity contribution in [3.05, 3.63) is 96.5 Å². The predicted octanol–water partition coefficient (Wildman–Crippen LogP) is 8.41. The van der Waals surface area contributed by atoms with E-state index in [4.69, 9.17) is 10.5 Å². The quantitative estimate of drug-likeness (QED) is 0.130. The minimum absolute atomic E-state index is 0.0229. The molecule has 0 aliphatic heterocycles. The number of nitrogens with two attached hydrogens (primary N) is 1. The number of carbonyl (C=O) groups is 1. The number of nitrogen functional groups attached to an aromatic ring is 1. The Morgan fingerprint density at radius 3 is 2.49 bits per heavy atom. The minimum atomic E-state index is -4.71. The third kappa shape index (κ3) is 6.14. The highest BCUT2D eigenvalue weighted by Gasteiger charge is 2.32. The molecule has 4 aromatic heterocycles. The largest absolute Gasteiger partial charge is 0.504 e. The molecule has 0 radical (unpaired) electrons. The van der Waals surface area contributed by atoms with Crippen LogP contribution in [0.1, 0.15) is 18.2 Å². The maximum Gasteiger partial charge on any atom is 0.504 e. The van der Waals surface area contributed by atoms with E-state index >= 15 is 4.39 Å². The number of carbonyl (C=O) groups excluding carboxylic acids is 1. The second-order valence-electron chi connectivity index (χ2n) is 10.7. The lowest BCUT2D eigenvalue weighted by Gasteiger charge is -2.13. The fourth-order valence-electron chi connectivity index (χ4n) is 4.94. The molecule has 238 valence electrons. The van der Waals surface area contributed by atoms with Gasteiger partial charge in [-0.15, -0.1) is 24.5 Å². The van der Waals surface area contributed by atoms with Gasteiger partial charge < -0.3 is 15.8 Å². The molecule has 0 bridgehead atoms. The maximum atomic E-state index is 15.7. The second-order valence-corrected chi connectivity index (χ2v) is 11.7. The van der Waals surface area contributed by atoms with Gasteiger partial charge in [-0.2, -0.15) is 9.78 Å². The Balaban J connectivity index is 1.55. The molecule has 6 aromatic rings. The van der Waals surface area contributed by atoms with Gasteiger partial charge in [-0.1, -0.05) is 18.7 Å². The van der Waals surface area contributed by atoms with Crippen LogP contribution in [-0.4, -0.2) is 30.6 Å². The van der Waals surface area contributed by atoms with Gasteiger partial charge in [0.1, 0.15) is 5.82 Å². The van der Waals surface area contributed by atoms with Gasteiger partial charge in [-0.25, -0.2) is 19.3 Å². The van der Waals surface area contributed by atoms with E-state index < -0.39 is 12.1 Å². The average molecular weight is 660 g/mol. The van der Waals surface area contributed by atoms with Crippen LogP contribution in [0.4, 0.5) is 29.1 Å². The lowest BCUT2D eigenvalue weighted by molar-refractivity contribution is -0.212. The number of aryl methyl sites for hydroxylation is 2. The summed E-state index contributed by atoms with van der Waals surface area (Å²) in [5.41, 5.74) is 10.9. The van der Waals surface area contributed by atoms with Gasteiger partial charge in [0, 0.05) is 67.2 Å². The number of amides is 1. The summed E-state index contributed by atoms with van der Waals surface area (Å²) in [6.45, 7) is 8.85. The number of nitrogens with zero attached hydrogens (tertiary/aromatic N) is 5. The number of nitrogens with one attached hydrogen (secondary N) is 1. The highest BCUT2D eigenvalue weighted by atomic mass is 32.1. The first kappa shape index (κ1) is 31.4. The van der Waals surface area contributed by atoms with Crippen molar-refractivity contribution in [3.8, 4) is 44.5 Å². The number of benzene rings is 2. The van der Waals surface area contributed by atoms with Crippen molar-refractivity contribution in [1.82, 2.24) is 24.7 Å². The SMILES string of the molecule is C=C(C)C(=O)Nc1ccc(-c2sc3c(-c4cnn(C(F)(F)F)c4)cnc(N)c3c2-c2ccc(Oc3nccc(C)n3)c(F)c2)c(C)c1. The van der Waals surface area contributed by atoms with Crippen LogP contribution in [0.5, 0.6) is 11.8 Å². The topological polar surface area (TPSA) is 121 Å². The zero-order valence-corrected chi connectivity index (χ0v) is 25.9. The summed E-state index contributed by atoms with van der Waals surface area (Å²) < 4.78 is 61.9. The Bertz CT molecular complexity index is 2210. The average Bonchev–Trinajstić information content (AvgIpc) is 3.65. The standard InChI is InChI=1S/C33H25F4N7O2S/c1-16(2)31(45)43-21-6-7-22(17(3)11-21)28-26(19-5-8-25(24(34)12-19)46-32-39-10-9-18(4)42-32)27-29(47-28)23(14-40-30(27)38)20-13-41-44(15-20)33(35,36)37/h5-15H,1H2,2-4H3,(H2,38,40)(H,43,45). The molecule has 0 atom stereocenters. The Labute approximate surface area is 269 Å². The Morgan fingerprint density at radius 2 is 1.83 bits per heavy atom. The van der Waals surface area contributed by atoms with E-state index in [0.717, 1.165) is 23.5 Å². The summed E-state index contributed by atoms with van der Waals surface area (Å²) in [5, 5.41) is 6.69. The molecule has 1 amide bonds. The summed E-state index contributed by atoms with van der Waals surface area (Å²) >= 11 is 1.26. The molecule has 3 N–H and O–H groups in total. The molecule has 0 saturated carbocycles. The molecule has 0 aliphatic carbocycles. The van der Waals surface area contributed by atoms with E-state index in [9.17, 15) is 18.0 Å². The van der Waals surface area contributed by atoms with Crippen LogP contribution in [0.2, 0.25) is 0 Å². The molecule has 2 aromatic carbocycles.